The van der Waals surface area contributed by atoms with E-state index in [1.165, 1.54) is 0 Å². The van der Waals surface area contributed by atoms with E-state index in [1.54, 1.807) is 4.90 Å². The number of nitrogens with zero attached hydrogens (tertiary/aromatic N) is 2. The lowest BCUT2D eigenvalue weighted by Crippen LogP contribution is -2.41. The molecule has 1 N–H and O–H groups in total. The van der Waals surface area contributed by atoms with Crippen LogP contribution >= 0.6 is 0 Å². The molecule has 0 saturated carbocycles. The largest absolute Gasteiger partial charge is 0.395 e. The molecule has 0 aliphatic carbocycles. The fraction of sp³-hybridized carbons (Fsp3) is 0.900. The molecule has 1 rings (SSSR count). The molecule has 0 aromatic heterocycles. The van der Waals surface area contributed by atoms with E-state index in [2.05, 4.69) is 4.90 Å². The molecular weight excluding hydrogens is 180 g/mol. The molecule has 1 heterocycles. The lowest BCUT2D eigenvalue weighted by molar-refractivity contribution is -0.131. The summed E-state index contributed by atoms with van der Waals surface area (Å²) in [5.41, 5.74) is 0. The van der Waals surface area contributed by atoms with Crippen LogP contribution in [0, 0.1) is 0 Å². The van der Waals surface area contributed by atoms with Gasteiger partial charge >= 0.3 is 0 Å². The average molecular weight is 200 g/mol. The number of amides is 1. The first-order valence-electron chi connectivity index (χ1n) is 5.28. The fourth-order valence-corrected chi connectivity index (χ4v) is 1.78. The van der Waals surface area contributed by atoms with Gasteiger partial charge in [0.25, 0.3) is 0 Å². The number of carbonyl (C=O) groups excluding carboxylic acids is 1. The molecule has 4 nitrogen and oxygen atoms in total. The van der Waals surface area contributed by atoms with Gasteiger partial charge in [0.05, 0.1) is 13.2 Å². The number of aliphatic hydroxyl groups is 1. The number of likely N-dealkylation sites (tertiary alicyclic amines) is 1. The topological polar surface area (TPSA) is 43.8 Å². The van der Waals surface area contributed by atoms with Crippen LogP contribution in [0.4, 0.5) is 0 Å². The molecule has 0 unspecified atom stereocenters. The minimum Gasteiger partial charge on any atom is -0.395 e. The Morgan fingerprint density at radius 3 is 2.93 bits per heavy atom. The van der Waals surface area contributed by atoms with Gasteiger partial charge in [0.2, 0.25) is 5.91 Å². The molecular formula is C10H20N2O2. The van der Waals surface area contributed by atoms with Gasteiger partial charge in [-0.3, -0.25) is 9.69 Å². The summed E-state index contributed by atoms with van der Waals surface area (Å²) >= 11 is 0. The van der Waals surface area contributed by atoms with Crippen molar-refractivity contribution >= 4 is 5.91 Å². The first-order valence-corrected chi connectivity index (χ1v) is 5.28. The Kier molecular flexibility index (Phi) is 4.35. The van der Waals surface area contributed by atoms with Crippen LogP contribution < -0.4 is 0 Å². The van der Waals surface area contributed by atoms with Crippen LogP contribution in [0.1, 0.15) is 19.8 Å². The third kappa shape index (κ3) is 2.69. The first kappa shape index (κ1) is 11.5. The van der Waals surface area contributed by atoms with E-state index < -0.39 is 0 Å². The predicted molar refractivity (Wildman–Crippen MR) is 55.0 cm³/mol. The van der Waals surface area contributed by atoms with E-state index in [4.69, 9.17) is 5.11 Å². The molecule has 1 aliphatic heterocycles. The summed E-state index contributed by atoms with van der Waals surface area (Å²) < 4.78 is 0. The van der Waals surface area contributed by atoms with E-state index in [0.717, 1.165) is 25.9 Å². The van der Waals surface area contributed by atoms with Crippen LogP contribution in [0.25, 0.3) is 0 Å². The van der Waals surface area contributed by atoms with Gasteiger partial charge < -0.3 is 10.0 Å². The van der Waals surface area contributed by atoms with Crippen molar-refractivity contribution in [2.45, 2.75) is 25.8 Å². The lowest BCUT2D eigenvalue weighted by atomic mass is 10.2. The Morgan fingerprint density at radius 2 is 2.36 bits per heavy atom. The molecule has 1 atom stereocenters. The average Bonchev–Trinajstić information content (AvgIpc) is 2.63. The van der Waals surface area contributed by atoms with Crippen molar-refractivity contribution in [3.63, 3.8) is 0 Å². The van der Waals surface area contributed by atoms with Crippen LogP contribution in [0.15, 0.2) is 0 Å². The standard InChI is InChI=1S/C10H20N2O2/c1-3-11(2)10(14)7-12-6-4-5-9(12)8-13/h9,13H,3-8H2,1-2H3/t9-/m0/s1. The van der Waals surface area contributed by atoms with Crippen molar-refractivity contribution in [1.29, 1.82) is 0 Å². The Labute approximate surface area is 85.5 Å². The van der Waals surface area contributed by atoms with Crippen molar-refractivity contribution in [2.24, 2.45) is 0 Å². The maximum absolute atomic E-state index is 11.6. The van der Waals surface area contributed by atoms with Gasteiger partial charge in [0.15, 0.2) is 0 Å². The smallest absolute Gasteiger partial charge is 0.236 e. The zero-order valence-electron chi connectivity index (χ0n) is 9.07. The molecule has 0 spiro atoms. The second-order valence-corrected chi connectivity index (χ2v) is 3.86. The summed E-state index contributed by atoms with van der Waals surface area (Å²) in [6.45, 7) is 4.27. The molecule has 1 saturated heterocycles. The molecule has 0 radical (unpaired) electrons. The number of hydrogen-bond acceptors (Lipinski definition) is 3. The van der Waals surface area contributed by atoms with Crippen molar-refractivity contribution in [1.82, 2.24) is 9.80 Å². The number of carbonyl (C=O) groups is 1. The van der Waals surface area contributed by atoms with Crippen LogP contribution in [0.2, 0.25) is 0 Å². The normalized spacial score (nSPS) is 22.6. The van der Waals surface area contributed by atoms with Gasteiger partial charge in [-0.15, -0.1) is 0 Å². The summed E-state index contributed by atoms with van der Waals surface area (Å²) in [4.78, 5) is 15.4. The number of rotatable bonds is 4. The van der Waals surface area contributed by atoms with Crippen molar-refractivity contribution in [2.75, 3.05) is 33.3 Å². The lowest BCUT2D eigenvalue weighted by Gasteiger charge is -2.24. The van der Waals surface area contributed by atoms with Gasteiger partial charge in [-0.2, -0.15) is 0 Å². The zero-order valence-corrected chi connectivity index (χ0v) is 9.07. The Morgan fingerprint density at radius 1 is 1.64 bits per heavy atom. The maximum atomic E-state index is 11.6. The quantitative estimate of drug-likeness (QED) is 0.690. The molecule has 82 valence electrons. The Balaban J connectivity index is 2.39. The fourth-order valence-electron chi connectivity index (χ4n) is 1.78. The summed E-state index contributed by atoms with van der Waals surface area (Å²) in [6, 6.07) is 0.198. The molecule has 1 fully saturated rings. The van der Waals surface area contributed by atoms with Gasteiger partial charge in [-0.1, -0.05) is 0 Å². The van der Waals surface area contributed by atoms with Crippen LogP contribution in [-0.4, -0.2) is 60.1 Å². The highest BCUT2D eigenvalue weighted by atomic mass is 16.3. The van der Waals surface area contributed by atoms with E-state index in [0.29, 0.717) is 6.54 Å². The highest BCUT2D eigenvalue weighted by molar-refractivity contribution is 5.78. The monoisotopic (exact) mass is 200 g/mol. The number of hydrogen-bond donors (Lipinski definition) is 1. The first-order chi connectivity index (χ1) is 6.69. The van der Waals surface area contributed by atoms with Crippen molar-refractivity contribution in [3.05, 3.63) is 0 Å². The third-order valence-corrected chi connectivity index (χ3v) is 2.95. The third-order valence-electron chi connectivity index (χ3n) is 2.95. The Bertz CT molecular complexity index is 197. The number of aliphatic hydroxyl groups excluding tert-OH is 1. The van der Waals surface area contributed by atoms with E-state index >= 15 is 0 Å². The second kappa shape index (κ2) is 5.32. The minimum absolute atomic E-state index is 0.146. The van der Waals surface area contributed by atoms with Crippen LogP contribution in [-0.2, 0) is 4.79 Å². The summed E-state index contributed by atoms with van der Waals surface area (Å²) in [5.74, 6) is 0.146. The molecule has 0 bridgehead atoms. The van der Waals surface area contributed by atoms with Crippen molar-refractivity contribution in [3.8, 4) is 0 Å². The Hall–Kier alpha value is -0.610. The van der Waals surface area contributed by atoms with Gasteiger partial charge in [-0.25, -0.2) is 0 Å². The molecule has 1 aliphatic rings. The highest BCUT2D eigenvalue weighted by Gasteiger charge is 2.25. The molecule has 14 heavy (non-hydrogen) atoms. The molecule has 0 aromatic carbocycles. The van der Waals surface area contributed by atoms with E-state index in [9.17, 15) is 4.79 Å². The zero-order chi connectivity index (χ0) is 10.6. The van der Waals surface area contributed by atoms with Crippen LogP contribution in [0.5, 0.6) is 0 Å². The van der Waals surface area contributed by atoms with Gasteiger partial charge in [0, 0.05) is 19.6 Å². The van der Waals surface area contributed by atoms with Crippen LogP contribution in [0.3, 0.4) is 0 Å². The summed E-state index contributed by atoms with van der Waals surface area (Å²) in [5, 5.41) is 9.08. The minimum atomic E-state index is 0.146. The predicted octanol–water partition coefficient (Wildman–Crippen LogP) is -0.0786. The molecule has 4 heteroatoms. The maximum Gasteiger partial charge on any atom is 0.236 e. The van der Waals surface area contributed by atoms with Gasteiger partial charge in [-0.05, 0) is 26.3 Å². The van der Waals surface area contributed by atoms with E-state index in [-0.39, 0.29) is 18.6 Å². The second-order valence-electron chi connectivity index (χ2n) is 3.86. The van der Waals surface area contributed by atoms with E-state index in [1.807, 2.05) is 14.0 Å². The summed E-state index contributed by atoms with van der Waals surface area (Å²) in [6.07, 6.45) is 2.11. The summed E-state index contributed by atoms with van der Waals surface area (Å²) in [7, 11) is 1.81. The highest BCUT2D eigenvalue weighted by Crippen LogP contribution is 2.16. The SMILES string of the molecule is CCN(C)C(=O)CN1CCC[C@H]1CO. The number of likely N-dealkylation sites (N-methyl/N-ethyl adjacent to an activating group) is 1. The van der Waals surface area contributed by atoms with Gasteiger partial charge in [0.1, 0.15) is 0 Å². The van der Waals surface area contributed by atoms with Crippen molar-refractivity contribution < 1.29 is 9.90 Å². The molecule has 1 amide bonds. The molecule has 0 aromatic rings.